The minimum absolute atomic E-state index is 0.108. The van der Waals surface area contributed by atoms with Crippen LogP contribution in [-0.2, 0) is 4.79 Å². The zero-order valence-electron chi connectivity index (χ0n) is 19.4. The lowest BCUT2D eigenvalue weighted by Gasteiger charge is -2.44. The van der Waals surface area contributed by atoms with E-state index in [0.717, 1.165) is 18.7 Å². The van der Waals surface area contributed by atoms with Crippen LogP contribution in [0.5, 0.6) is 11.5 Å². The van der Waals surface area contributed by atoms with Crippen molar-refractivity contribution in [2.45, 2.75) is 11.3 Å². The molecule has 3 aromatic rings. The number of ether oxygens (including phenoxy) is 2. The molecule has 1 N–H and O–H groups in total. The molecule has 1 saturated heterocycles. The van der Waals surface area contributed by atoms with E-state index in [0.29, 0.717) is 22.5 Å². The van der Waals surface area contributed by atoms with Crippen LogP contribution in [0.2, 0.25) is 0 Å². The third-order valence-electron chi connectivity index (χ3n) is 5.73. The smallest absolute Gasteiger partial charge is 0.250 e. The molecule has 1 aliphatic rings. The van der Waals surface area contributed by atoms with Crippen LogP contribution >= 0.6 is 11.8 Å². The molecule has 0 saturated carbocycles. The predicted molar refractivity (Wildman–Crippen MR) is 138 cm³/mol. The van der Waals surface area contributed by atoms with Crippen molar-refractivity contribution >= 4 is 23.9 Å². The standard InChI is InChI=1S/C27H29N3O3S/c1-32-24-14-13-20(15-25(24)33-2)16-28-29-26(31)19-34-23-17-30(18-23)27(21-9-5-3-6-10-21)22-11-7-4-8-12-22/h3-16,23,27H,17-19H2,1-2H3,(H,29,31)/b28-16+. The van der Waals surface area contributed by atoms with E-state index in [9.17, 15) is 4.79 Å². The van der Waals surface area contributed by atoms with Crippen LogP contribution in [0.4, 0.5) is 0 Å². The molecule has 0 aliphatic carbocycles. The normalized spacial score (nSPS) is 14.2. The van der Waals surface area contributed by atoms with Gasteiger partial charge in [-0.1, -0.05) is 60.7 Å². The zero-order chi connectivity index (χ0) is 23.8. The topological polar surface area (TPSA) is 63.2 Å². The van der Waals surface area contributed by atoms with Crippen molar-refractivity contribution in [3.8, 4) is 11.5 Å². The van der Waals surface area contributed by atoms with E-state index in [1.807, 2.05) is 24.3 Å². The lowest BCUT2D eigenvalue weighted by molar-refractivity contribution is -0.118. The van der Waals surface area contributed by atoms with Gasteiger partial charge in [-0.2, -0.15) is 5.10 Å². The number of nitrogens with one attached hydrogen (secondary N) is 1. The molecule has 0 unspecified atom stereocenters. The molecule has 1 fully saturated rings. The number of carbonyl (C=O) groups excluding carboxylic acids is 1. The quantitative estimate of drug-likeness (QED) is 0.349. The number of benzene rings is 3. The first-order valence-corrected chi connectivity index (χ1v) is 12.2. The van der Waals surface area contributed by atoms with Crippen LogP contribution in [-0.4, -0.2) is 55.3 Å². The minimum atomic E-state index is -0.108. The van der Waals surface area contributed by atoms with E-state index in [2.05, 4.69) is 64.0 Å². The average molecular weight is 476 g/mol. The first-order chi connectivity index (χ1) is 16.7. The summed E-state index contributed by atoms with van der Waals surface area (Å²) in [4.78, 5) is 14.7. The predicted octanol–water partition coefficient (Wildman–Crippen LogP) is 4.36. The highest BCUT2D eigenvalue weighted by atomic mass is 32.2. The average Bonchev–Trinajstić information content (AvgIpc) is 2.86. The van der Waals surface area contributed by atoms with Gasteiger partial charge in [-0.15, -0.1) is 11.8 Å². The molecular formula is C27H29N3O3S. The molecule has 1 aliphatic heterocycles. The molecule has 0 spiro atoms. The second-order valence-electron chi connectivity index (χ2n) is 8.02. The Hall–Kier alpha value is -3.29. The number of amides is 1. The van der Waals surface area contributed by atoms with Crippen LogP contribution in [0.1, 0.15) is 22.7 Å². The van der Waals surface area contributed by atoms with Gasteiger partial charge >= 0.3 is 0 Å². The van der Waals surface area contributed by atoms with Crippen molar-refractivity contribution < 1.29 is 14.3 Å². The van der Waals surface area contributed by atoms with Gasteiger partial charge < -0.3 is 9.47 Å². The molecule has 34 heavy (non-hydrogen) atoms. The van der Waals surface area contributed by atoms with Gasteiger partial charge in [0.1, 0.15) is 0 Å². The second kappa shape index (κ2) is 11.7. The van der Waals surface area contributed by atoms with E-state index in [4.69, 9.17) is 9.47 Å². The molecule has 176 valence electrons. The zero-order valence-corrected chi connectivity index (χ0v) is 20.2. The summed E-state index contributed by atoms with van der Waals surface area (Å²) in [5.74, 6) is 1.54. The van der Waals surface area contributed by atoms with E-state index < -0.39 is 0 Å². The van der Waals surface area contributed by atoms with Gasteiger partial charge in [-0.05, 0) is 34.9 Å². The van der Waals surface area contributed by atoms with E-state index in [-0.39, 0.29) is 11.9 Å². The summed E-state index contributed by atoms with van der Waals surface area (Å²) in [6, 6.07) is 26.9. The summed E-state index contributed by atoms with van der Waals surface area (Å²) < 4.78 is 10.5. The number of likely N-dealkylation sites (tertiary alicyclic amines) is 1. The minimum Gasteiger partial charge on any atom is -0.493 e. The fourth-order valence-corrected chi connectivity index (χ4v) is 5.05. The Morgan fingerprint density at radius 2 is 1.62 bits per heavy atom. The summed E-state index contributed by atoms with van der Waals surface area (Å²) in [6.45, 7) is 1.89. The molecule has 6 nitrogen and oxygen atoms in total. The van der Waals surface area contributed by atoms with E-state index >= 15 is 0 Å². The third kappa shape index (κ3) is 5.98. The van der Waals surface area contributed by atoms with Gasteiger partial charge in [0.15, 0.2) is 11.5 Å². The second-order valence-corrected chi connectivity index (χ2v) is 9.31. The number of hydrogen-bond acceptors (Lipinski definition) is 6. The van der Waals surface area contributed by atoms with Gasteiger partial charge in [-0.3, -0.25) is 9.69 Å². The van der Waals surface area contributed by atoms with Gasteiger partial charge in [0.25, 0.3) is 0 Å². The lowest BCUT2D eigenvalue weighted by atomic mass is 9.94. The fraction of sp³-hybridized carbons (Fsp3) is 0.259. The molecule has 4 rings (SSSR count). The molecular weight excluding hydrogens is 446 g/mol. The maximum atomic E-state index is 12.3. The van der Waals surface area contributed by atoms with Gasteiger partial charge in [0.05, 0.1) is 32.2 Å². The van der Waals surface area contributed by atoms with Crippen molar-refractivity contribution in [1.29, 1.82) is 0 Å². The van der Waals surface area contributed by atoms with Crippen molar-refractivity contribution in [3.05, 3.63) is 95.6 Å². The number of carbonyl (C=O) groups is 1. The van der Waals surface area contributed by atoms with E-state index in [1.54, 1.807) is 38.3 Å². The first kappa shape index (κ1) is 23.9. The summed E-state index contributed by atoms with van der Waals surface area (Å²) in [5.41, 5.74) is 6.01. The van der Waals surface area contributed by atoms with E-state index in [1.165, 1.54) is 11.1 Å². The number of hydrogen-bond donors (Lipinski definition) is 1. The summed E-state index contributed by atoms with van der Waals surface area (Å²) in [7, 11) is 3.18. The number of thioether (sulfide) groups is 1. The maximum Gasteiger partial charge on any atom is 0.250 e. The molecule has 0 aromatic heterocycles. The van der Waals surface area contributed by atoms with Crippen LogP contribution < -0.4 is 14.9 Å². The van der Waals surface area contributed by atoms with Crippen LogP contribution in [0.15, 0.2) is 84.0 Å². The summed E-state index contributed by atoms with van der Waals surface area (Å²) in [6.07, 6.45) is 1.60. The number of rotatable bonds is 10. The molecule has 0 bridgehead atoms. The SMILES string of the molecule is COc1ccc(/C=N/NC(=O)CSC2CN(C(c3ccccc3)c3ccccc3)C2)cc1OC. The van der Waals surface area contributed by atoms with Crippen molar-refractivity contribution in [3.63, 3.8) is 0 Å². The molecule has 0 radical (unpaired) electrons. The Morgan fingerprint density at radius 3 is 2.21 bits per heavy atom. The monoisotopic (exact) mass is 475 g/mol. The Morgan fingerprint density at radius 1 is 1.00 bits per heavy atom. The molecule has 3 aromatic carbocycles. The Bertz CT molecular complexity index is 1060. The van der Waals surface area contributed by atoms with Crippen molar-refractivity contribution in [2.24, 2.45) is 5.10 Å². The Labute approximate surface area is 205 Å². The summed E-state index contributed by atoms with van der Waals surface area (Å²) >= 11 is 1.68. The largest absolute Gasteiger partial charge is 0.493 e. The fourth-order valence-electron chi connectivity index (χ4n) is 4.01. The third-order valence-corrected chi connectivity index (χ3v) is 6.93. The lowest BCUT2D eigenvalue weighted by Crippen LogP contribution is -2.51. The highest BCUT2D eigenvalue weighted by Gasteiger charge is 2.34. The van der Waals surface area contributed by atoms with Gasteiger partial charge in [0.2, 0.25) is 5.91 Å². The van der Waals surface area contributed by atoms with Crippen LogP contribution in [0.25, 0.3) is 0 Å². The highest BCUT2D eigenvalue weighted by Crippen LogP contribution is 2.35. The number of nitrogens with zero attached hydrogens (tertiary/aromatic N) is 2. The van der Waals surface area contributed by atoms with Crippen LogP contribution in [0.3, 0.4) is 0 Å². The van der Waals surface area contributed by atoms with Gasteiger partial charge in [0, 0.05) is 18.3 Å². The number of hydrazone groups is 1. The van der Waals surface area contributed by atoms with Crippen LogP contribution in [0, 0.1) is 0 Å². The highest BCUT2D eigenvalue weighted by molar-refractivity contribution is 8.00. The summed E-state index contributed by atoms with van der Waals surface area (Å²) in [5, 5.41) is 4.50. The molecule has 1 heterocycles. The van der Waals surface area contributed by atoms with Crippen molar-refractivity contribution in [1.82, 2.24) is 10.3 Å². The maximum absolute atomic E-state index is 12.3. The van der Waals surface area contributed by atoms with Gasteiger partial charge in [-0.25, -0.2) is 5.43 Å². The molecule has 7 heteroatoms. The number of methoxy groups -OCH3 is 2. The Balaban J connectivity index is 1.26. The van der Waals surface area contributed by atoms with Crippen molar-refractivity contribution in [2.75, 3.05) is 33.1 Å². The Kier molecular flexibility index (Phi) is 8.22. The first-order valence-electron chi connectivity index (χ1n) is 11.2. The molecule has 1 amide bonds. The molecule has 0 atom stereocenters.